The van der Waals surface area contributed by atoms with E-state index in [1.54, 1.807) is 12.5 Å². The van der Waals surface area contributed by atoms with Crippen LogP contribution >= 0.6 is 0 Å². The van der Waals surface area contributed by atoms with E-state index < -0.39 is 0 Å². The van der Waals surface area contributed by atoms with Crippen LogP contribution in [0.4, 0.5) is 0 Å². The number of hydrogen-bond acceptors (Lipinski definition) is 3. The molecule has 0 saturated heterocycles. The lowest BCUT2D eigenvalue weighted by Gasteiger charge is -2.12. The van der Waals surface area contributed by atoms with Gasteiger partial charge in [0.15, 0.2) is 0 Å². The lowest BCUT2D eigenvalue weighted by molar-refractivity contribution is 0.580. The molecule has 194 valence electrons. The number of furan rings is 2. The van der Waals surface area contributed by atoms with E-state index >= 15 is 0 Å². The van der Waals surface area contributed by atoms with Gasteiger partial charge >= 0.3 is 0 Å². The van der Waals surface area contributed by atoms with E-state index in [1.807, 2.05) is 36.4 Å². The van der Waals surface area contributed by atoms with Crippen molar-refractivity contribution in [2.45, 2.75) is 0 Å². The second kappa shape index (κ2) is 9.54. The maximum atomic E-state index is 5.86. The fourth-order valence-electron chi connectivity index (χ4n) is 5.72. The van der Waals surface area contributed by atoms with Crippen molar-refractivity contribution in [3.63, 3.8) is 0 Å². The SMILES string of the molecule is c1ccc(-c2nn3c(-c4ccccc4)cc4ccccc4c3c2-c2cc(-c3ccco3)cc(-c3ccco3)c2)cc1. The van der Waals surface area contributed by atoms with Gasteiger partial charge in [-0.25, -0.2) is 4.52 Å². The Hall–Kier alpha value is -5.61. The van der Waals surface area contributed by atoms with Crippen LogP contribution in [0.25, 0.3) is 72.6 Å². The van der Waals surface area contributed by atoms with Crippen molar-refractivity contribution in [1.82, 2.24) is 9.61 Å². The number of hydrogen-bond donors (Lipinski definition) is 0. The standard InChI is InChI=1S/C37H24N2O2/c1-3-11-25(12-4-1)32-24-27-15-7-8-16-31(27)37-35(36(38-39(32)37)26-13-5-2-6-14-26)30-22-28(33-17-9-19-40-33)21-29(23-30)34-18-10-20-41-34/h1-24H. The number of nitrogens with zero attached hydrogens (tertiary/aromatic N) is 2. The summed E-state index contributed by atoms with van der Waals surface area (Å²) in [4.78, 5) is 0. The van der Waals surface area contributed by atoms with E-state index in [4.69, 9.17) is 13.9 Å². The highest BCUT2D eigenvalue weighted by atomic mass is 16.3. The maximum Gasteiger partial charge on any atom is 0.133 e. The predicted molar refractivity (Wildman–Crippen MR) is 164 cm³/mol. The molecule has 4 heterocycles. The predicted octanol–water partition coefficient (Wildman–Crippen LogP) is 10.0. The molecule has 4 aromatic heterocycles. The monoisotopic (exact) mass is 528 g/mol. The van der Waals surface area contributed by atoms with Crippen LogP contribution < -0.4 is 0 Å². The van der Waals surface area contributed by atoms with Crippen molar-refractivity contribution < 1.29 is 8.83 Å². The second-order valence-corrected chi connectivity index (χ2v) is 10.1. The van der Waals surface area contributed by atoms with E-state index in [0.29, 0.717) is 0 Å². The van der Waals surface area contributed by atoms with E-state index in [1.165, 1.54) is 0 Å². The van der Waals surface area contributed by atoms with Gasteiger partial charge in [-0.1, -0.05) is 84.9 Å². The smallest absolute Gasteiger partial charge is 0.133 e. The Balaban J connectivity index is 1.53. The first-order valence-electron chi connectivity index (χ1n) is 13.6. The summed E-state index contributed by atoms with van der Waals surface area (Å²) in [5, 5.41) is 7.64. The third-order valence-electron chi connectivity index (χ3n) is 7.57. The second-order valence-electron chi connectivity index (χ2n) is 10.1. The van der Waals surface area contributed by atoms with Crippen molar-refractivity contribution in [2.24, 2.45) is 0 Å². The Morgan fingerprint density at radius 1 is 0.488 bits per heavy atom. The van der Waals surface area contributed by atoms with Crippen molar-refractivity contribution in [2.75, 3.05) is 0 Å². The highest BCUT2D eigenvalue weighted by Crippen LogP contribution is 2.43. The first-order valence-corrected chi connectivity index (χ1v) is 13.6. The van der Waals surface area contributed by atoms with Crippen molar-refractivity contribution in [3.05, 3.63) is 146 Å². The molecule has 41 heavy (non-hydrogen) atoms. The van der Waals surface area contributed by atoms with Crippen molar-refractivity contribution >= 4 is 16.3 Å². The minimum atomic E-state index is 0.798. The molecule has 0 N–H and O–H groups in total. The van der Waals surface area contributed by atoms with Crippen molar-refractivity contribution in [3.8, 4) is 56.3 Å². The topological polar surface area (TPSA) is 43.6 Å². The minimum absolute atomic E-state index is 0.798. The lowest BCUT2D eigenvalue weighted by atomic mass is 9.93. The van der Waals surface area contributed by atoms with Crippen molar-refractivity contribution in [1.29, 1.82) is 0 Å². The van der Waals surface area contributed by atoms with Gasteiger partial charge in [0.1, 0.15) is 17.2 Å². The Kier molecular flexibility index (Phi) is 5.42. The molecule has 0 radical (unpaired) electrons. The summed E-state index contributed by atoms with van der Waals surface area (Å²) in [5.74, 6) is 1.60. The van der Waals surface area contributed by atoms with Crippen LogP contribution in [-0.2, 0) is 0 Å². The Bertz CT molecular complexity index is 2070. The van der Waals surface area contributed by atoms with Crippen LogP contribution in [0.2, 0.25) is 0 Å². The number of aromatic nitrogens is 2. The number of rotatable bonds is 5. The highest BCUT2D eigenvalue weighted by molar-refractivity contribution is 6.09. The highest BCUT2D eigenvalue weighted by Gasteiger charge is 2.23. The Morgan fingerprint density at radius 3 is 1.71 bits per heavy atom. The summed E-state index contributed by atoms with van der Waals surface area (Å²) in [5.41, 5.74) is 9.22. The minimum Gasteiger partial charge on any atom is -0.464 e. The zero-order chi connectivity index (χ0) is 27.2. The number of fused-ring (bicyclic) bond motifs is 3. The Morgan fingerprint density at radius 2 is 1.07 bits per heavy atom. The molecule has 0 atom stereocenters. The summed E-state index contributed by atoms with van der Waals surface area (Å²) < 4.78 is 13.8. The average Bonchev–Trinajstić information content (AvgIpc) is 3.83. The van der Waals surface area contributed by atoms with Gasteiger partial charge in [-0.05, 0) is 59.5 Å². The van der Waals surface area contributed by atoms with Gasteiger partial charge < -0.3 is 8.83 Å². The molecule has 0 spiro atoms. The molecular formula is C37H24N2O2. The van der Waals surface area contributed by atoms with Crippen LogP contribution in [0.3, 0.4) is 0 Å². The molecule has 0 aliphatic rings. The quantitative estimate of drug-likeness (QED) is 0.223. The molecule has 0 fully saturated rings. The molecule has 4 nitrogen and oxygen atoms in total. The van der Waals surface area contributed by atoms with Gasteiger partial charge in [0.05, 0.1) is 23.7 Å². The van der Waals surface area contributed by atoms with Crippen LogP contribution in [0, 0.1) is 0 Å². The van der Waals surface area contributed by atoms with E-state index in [9.17, 15) is 0 Å². The van der Waals surface area contributed by atoms with Gasteiger partial charge in [-0.2, -0.15) is 5.10 Å². The van der Waals surface area contributed by atoms with Crippen LogP contribution in [0.5, 0.6) is 0 Å². The first kappa shape index (κ1) is 23.3. The number of benzene rings is 4. The largest absolute Gasteiger partial charge is 0.464 e. The summed E-state index contributed by atoms with van der Waals surface area (Å²) in [6.07, 6.45) is 3.41. The van der Waals surface area contributed by atoms with Gasteiger partial charge in [-0.15, -0.1) is 0 Å². The molecule has 0 saturated carbocycles. The van der Waals surface area contributed by atoms with Crippen LogP contribution in [0.15, 0.2) is 155 Å². The molecular weight excluding hydrogens is 504 g/mol. The van der Waals surface area contributed by atoms with Crippen LogP contribution in [0.1, 0.15) is 0 Å². The van der Waals surface area contributed by atoms with Gasteiger partial charge in [0.25, 0.3) is 0 Å². The van der Waals surface area contributed by atoms with E-state index in [2.05, 4.69) is 102 Å². The van der Waals surface area contributed by atoms with Crippen LogP contribution in [-0.4, -0.2) is 9.61 Å². The zero-order valence-electron chi connectivity index (χ0n) is 22.1. The number of pyridine rings is 1. The van der Waals surface area contributed by atoms with Gasteiger partial charge in [0, 0.05) is 33.2 Å². The summed E-state index contributed by atoms with van der Waals surface area (Å²) in [6.45, 7) is 0. The molecule has 8 aromatic rings. The molecule has 4 aromatic carbocycles. The Labute approximate surface area is 236 Å². The molecule has 0 aliphatic carbocycles. The molecule has 0 bridgehead atoms. The summed E-state index contributed by atoms with van der Waals surface area (Å²) in [7, 11) is 0. The summed E-state index contributed by atoms with van der Waals surface area (Å²) in [6, 6.07) is 46.0. The third kappa shape index (κ3) is 3.97. The lowest BCUT2D eigenvalue weighted by Crippen LogP contribution is -1.95. The fourth-order valence-corrected chi connectivity index (χ4v) is 5.72. The zero-order valence-corrected chi connectivity index (χ0v) is 22.1. The molecule has 8 rings (SSSR count). The molecule has 0 amide bonds. The average molecular weight is 529 g/mol. The fraction of sp³-hybridized carbons (Fsp3) is 0. The van der Waals surface area contributed by atoms with E-state index in [0.717, 1.165) is 72.6 Å². The molecule has 0 unspecified atom stereocenters. The van der Waals surface area contributed by atoms with E-state index in [-0.39, 0.29) is 0 Å². The third-order valence-corrected chi connectivity index (χ3v) is 7.57. The molecule has 0 aliphatic heterocycles. The summed E-state index contributed by atoms with van der Waals surface area (Å²) >= 11 is 0. The van der Waals surface area contributed by atoms with Gasteiger partial charge in [0.2, 0.25) is 0 Å². The van der Waals surface area contributed by atoms with Gasteiger partial charge in [-0.3, -0.25) is 0 Å². The first-order chi connectivity index (χ1) is 20.3. The molecule has 4 heteroatoms. The maximum absolute atomic E-state index is 5.86. The normalized spacial score (nSPS) is 11.4.